The summed E-state index contributed by atoms with van der Waals surface area (Å²) in [6, 6.07) is -0.599. The molecule has 0 spiro atoms. The predicted octanol–water partition coefficient (Wildman–Crippen LogP) is 0.971. The van der Waals surface area contributed by atoms with Crippen molar-refractivity contribution >= 4 is 28.5 Å². The van der Waals surface area contributed by atoms with E-state index in [4.69, 9.17) is 5.11 Å². The molecule has 7 nitrogen and oxygen atoms in total. The van der Waals surface area contributed by atoms with Crippen molar-refractivity contribution in [2.45, 2.75) is 32.8 Å². The second kappa shape index (κ2) is 5.98. The van der Waals surface area contributed by atoms with E-state index in [2.05, 4.69) is 15.6 Å². The number of carboxylic acid groups (broad SMARTS) is 1. The highest BCUT2D eigenvalue weighted by molar-refractivity contribution is 7.15. The van der Waals surface area contributed by atoms with Crippen LogP contribution in [0.4, 0.5) is 9.93 Å². The number of anilines is 1. The minimum absolute atomic E-state index is 0.390. The second-order valence-electron chi connectivity index (χ2n) is 4.26. The lowest BCUT2D eigenvalue weighted by Crippen LogP contribution is -2.47. The first-order valence-corrected chi connectivity index (χ1v) is 6.55. The van der Waals surface area contributed by atoms with Gasteiger partial charge in [-0.25, -0.2) is 14.6 Å². The first kappa shape index (κ1) is 15.4. The van der Waals surface area contributed by atoms with Gasteiger partial charge in [0.15, 0.2) is 10.7 Å². The maximum atomic E-state index is 11.5. The van der Waals surface area contributed by atoms with Crippen LogP contribution < -0.4 is 10.6 Å². The summed E-state index contributed by atoms with van der Waals surface area (Å²) in [6.07, 6.45) is 0.777. The molecule has 0 fully saturated rings. The lowest BCUT2D eigenvalue weighted by molar-refractivity contribution is -0.155. The van der Waals surface area contributed by atoms with E-state index in [9.17, 15) is 14.7 Å². The molecule has 0 saturated heterocycles. The van der Waals surface area contributed by atoms with Gasteiger partial charge in [0.2, 0.25) is 0 Å². The van der Waals surface area contributed by atoms with Crippen molar-refractivity contribution in [3.63, 3.8) is 0 Å². The van der Waals surface area contributed by atoms with Gasteiger partial charge in [0.25, 0.3) is 0 Å². The van der Waals surface area contributed by atoms with Gasteiger partial charge in [-0.3, -0.25) is 5.32 Å². The lowest BCUT2D eigenvalue weighted by atomic mass is 10.1. The molecule has 1 atom stereocenters. The fourth-order valence-electron chi connectivity index (χ4n) is 1.28. The van der Waals surface area contributed by atoms with Crippen molar-refractivity contribution < 1.29 is 19.8 Å². The van der Waals surface area contributed by atoms with Gasteiger partial charge in [-0.1, -0.05) is 6.92 Å². The number of thiazole rings is 1. The summed E-state index contributed by atoms with van der Waals surface area (Å²) in [6.45, 7) is 4.60. The Labute approximate surface area is 114 Å². The molecule has 1 aromatic heterocycles. The zero-order chi connectivity index (χ0) is 14.6. The molecule has 0 aliphatic rings. The molecule has 0 aromatic carbocycles. The van der Waals surface area contributed by atoms with E-state index in [0.717, 1.165) is 23.9 Å². The number of hydrogen-bond donors (Lipinski definition) is 4. The highest BCUT2D eigenvalue weighted by Gasteiger charge is 2.30. The quantitative estimate of drug-likeness (QED) is 0.645. The van der Waals surface area contributed by atoms with E-state index in [1.807, 2.05) is 13.8 Å². The van der Waals surface area contributed by atoms with Gasteiger partial charge in [-0.15, -0.1) is 11.3 Å². The minimum Gasteiger partial charge on any atom is -0.479 e. The van der Waals surface area contributed by atoms with Crippen molar-refractivity contribution in [3.8, 4) is 0 Å². The molecule has 0 radical (unpaired) electrons. The Morgan fingerprint density at radius 2 is 2.11 bits per heavy atom. The van der Waals surface area contributed by atoms with Crippen LogP contribution in [0.5, 0.6) is 0 Å². The fraction of sp³-hybridized carbons (Fsp3) is 0.545. The van der Waals surface area contributed by atoms with Crippen molar-refractivity contribution in [1.82, 2.24) is 10.3 Å². The molecule has 106 valence electrons. The highest BCUT2D eigenvalue weighted by Crippen LogP contribution is 2.22. The van der Waals surface area contributed by atoms with Crippen LogP contribution in [0.15, 0.2) is 0 Å². The Morgan fingerprint density at radius 1 is 1.47 bits per heavy atom. The van der Waals surface area contributed by atoms with Crippen molar-refractivity contribution in [1.29, 1.82) is 0 Å². The van der Waals surface area contributed by atoms with Crippen molar-refractivity contribution in [2.75, 3.05) is 11.9 Å². The minimum atomic E-state index is -2.00. The number of carboxylic acids is 1. The molecule has 2 amide bonds. The number of urea groups is 1. The SMILES string of the molecule is CCc1nc(NC(=O)NCC(C)(O)C(=O)O)sc1C. The van der Waals surface area contributed by atoms with Crippen LogP contribution in [0.3, 0.4) is 0 Å². The number of nitrogens with one attached hydrogen (secondary N) is 2. The Hall–Kier alpha value is -1.67. The molecule has 4 N–H and O–H groups in total. The highest BCUT2D eigenvalue weighted by atomic mass is 32.1. The topological polar surface area (TPSA) is 112 Å². The second-order valence-corrected chi connectivity index (χ2v) is 5.47. The van der Waals surface area contributed by atoms with E-state index in [1.54, 1.807) is 0 Å². The van der Waals surface area contributed by atoms with Gasteiger partial charge in [0.1, 0.15) is 0 Å². The average Bonchev–Trinajstić information content (AvgIpc) is 2.66. The maximum Gasteiger partial charge on any atom is 0.337 e. The summed E-state index contributed by atoms with van der Waals surface area (Å²) in [7, 11) is 0. The summed E-state index contributed by atoms with van der Waals surface area (Å²) in [5.74, 6) is -1.40. The Balaban J connectivity index is 2.54. The number of hydrogen-bond acceptors (Lipinski definition) is 5. The van der Waals surface area contributed by atoms with Gasteiger partial charge in [-0.05, 0) is 20.3 Å². The summed E-state index contributed by atoms with van der Waals surface area (Å²) >= 11 is 1.35. The van der Waals surface area contributed by atoms with Gasteiger partial charge < -0.3 is 15.5 Å². The van der Waals surface area contributed by atoms with Crippen LogP contribution in [-0.2, 0) is 11.2 Å². The van der Waals surface area contributed by atoms with Gasteiger partial charge in [0, 0.05) is 4.88 Å². The molecular weight excluding hydrogens is 270 g/mol. The van der Waals surface area contributed by atoms with Crippen LogP contribution in [-0.4, -0.2) is 39.3 Å². The Morgan fingerprint density at radius 3 is 2.58 bits per heavy atom. The zero-order valence-electron chi connectivity index (χ0n) is 11.0. The molecule has 1 rings (SSSR count). The Kier molecular flexibility index (Phi) is 4.84. The summed E-state index contributed by atoms with van der Waals surface area (Å²) in [5.41, 5.74) is -1.08. The summed E-state index contributed by atoms with van der Waals surface area (Å²) < 4.78 is 0. The standard InChI is InChI=1S/C11H17N3O4S/c1-4-7-6(2)19-10(13-7)14-9(17)12-5-11(3,18)8(15)16/h18H,4-5H2,1-3H3,(H,15,16)(H2,12,13,14,17). The van der Waals surface area contributed by atoms with E-state index in [1.165, 1.54) is 11.3 Å². The molecule has 1 unspecified atom stereocenters. The number of aliphatic carboxylic acids is 1. The van der Waals surface area contributed by atoms with Crippen LogP contribution in [0.2, 0.25) is 0 Å². The molecule has 0 aliphatic carbocycles. The maximum absolute atomic E-state index is 11.5. The number of aromatic nitrogens is 1. The molecule has 1 heterocycles. The molecule has 8 heteroatoms. The fourth-order valence-corrected chi connectivity index (χ4v) is 2.18. The summed E-state index contributed by atoms with van der Waals surface area (Å²) in [4.78, 5) is 27.4. The predicted molar refractivity (Wildman–Crippen MR) is 71.5 cm³/mol. The number of carbonyl (C=O) groups is 2. The van der Waals surface area contributed by atoms with Crippen LogP contribution in [0.25, 0.3) is 0 Å². The zero-order valence-corrected chi connectivity index (χ0v) is 11.8. The third-order valence-corrected chi connectivity index (χ3v) is 3.43. The van der Waals surface area contributed by atoms with Crippen LogP contribution in [0, 0.1) is 6.92 Å². The molecule has 1 aromatic rings. The molecular formula is C11H17N3O4S. The van der Waals surface area contributed by atoms with Crippen molar-refractivity contribution in [3.05, 3.63) is 10.6 Å². The lowest BCUT2D eigenvalue weighted by Gasteiger charge is -2.18. The molecule has 0 saturated carbocycles. The van der Waals surface area contributed by atoms with Crippen LogP contribution >= 0.6 is 11.3 Å². The van der Waals surface area contributed by atoms with E-state index in [-0.39, 0.29) is 6.54 Å². The monoisotopic (exact) mass is 287 g/mol. The number of carbonyl (C=O) groups excluding carboxylic acids is 1. The van der Waals surface area contributed by atoms with E-state index < -0.39 is 17.6 Å². The first-order valence-electron chi connectivity index (χ1n) is 5.73. The average molecular weight is 287 g/mol. The first-order chi connectivity index (χ1) is 8.76. The molecule has 0 bridgehead atoms. The molecule has 19 heavy (non-hydrogen) atoms. The van der Waals surface area contributed by atoms with Gasteiger partial charge in [-0.2, -0.15) is 0 Å². The van der Waals surface area contributed by atoms with Gasteiger partial charge in [0.05, 0.1) is 12.2 Å². The number of amides is 2. The van der Waals surface area contributed by atoms with E-state index >= 15 is 0 Å². The third kappa shape index (κ3) is 4.18. The van der Waals surface area contributed by atoms with Crippen LogP contribution in [0.1, 0.15) is 24.4 Å². The molecule has 0 aliphatic heterocycles. The summed E-state index contributed by atoms with van der Waals surface area (Å²) in [5, 5.41) is 23.4. The smallest absolute Gasteiger partial charge is 0.337 e. The van der Waals surface area contributed by atoms with E-state index in [0.29, 0.717) is 5.13 Å². The third-order valence-electron chi connectivity index (χ3n) is 2.50. The largest absolute Gasteiger partial charge is 0.479 e. The number of aryl methyl sites for hydroxylation is 2. The van der Waals surface area contributed by atoms with Crippen molar-refractivity contribution in [2.24, 2.45) is 0 Å². The Bertz CT molecular complexity index is 484. The number of rotatable bonds is 5. The normalized spacial score (nSPS) is 13.7. The number of aliphatic hydroxyl groups is 1. The number of nitrogens with zero attached hydrogens (tertiary/aromatic N) is 1. The van der Waals surface area contributed by atoms with Gasteiger partial charge >= 0.3 is 12.0 Å².